The van der Waals surface area contributed by atoms with E-state index in [1.165, 1.54) is 6.42 Å². The molecule has 0 saturated heterocycles. The second-order valence-electron chi connectivity index (χ2n) is 5.08. The Morgan fingerprint density at radius 3 is 2.65 bits per heavy atom. The highest BCUT2D eigenvalue weighted by molar-refractivity contribution is 9.10. The van der Waals surface area contributed by atoms with Gasteiger partial charge in [-0.1, -0.05) is 19.3 Å². The van der Waals surface area contributed by atoms with E-state index in [1.54, 1.807) is 12.1 Å². The van der Waals surface area contributed by atoms with Crippen LogP contribution in [0.5, 0.6) is 0 Å². The van der Waals surface area contributed by atoms with Gasteiger partial charge in [-0.3, -0.25) is 0 Å². The Kier molecular flexibility index (Phi) is 5.38. The van der Waals surface area contributed by atoms with E-state index < -0.39 is 5.82 Å². The first-order valence-corrected chi connectivity index (χ1v) is 7.74. The first kappa shape index (κ1) is 15.3. The van der Waals surface area contributed by atoms with Crippen molar-refractivity contribution in [3.8, 4) is 6.07 Å². The lowest BCUT2D eigenvalue weighted by atomic mass is 9.93. The molecule has 108 valence electrons. The van der Waals surface area contributed by atoms with Crippen LogP contribution in [0.25, 0.3) is 0 Å². The van der Waals surface area contributed by atoms with Crippen molar-refractivity contribution in [2.24, 2.45) is 0 Å². The maximum Gasteiger partial charge on any atom is 0.161 e. The van der Waals surface area contributed by atoms with Crippen LogP contribution < -0.4 is 4.90 Å². The molecule has 1 aliphatic carbocycles. The van der Waals surface area contributed by atoms with Crippen molar-refractivity contribution in [2.45, 2.75) is 38.1 Å². The number of rotatable bonds is 4. The Labute approximate surface area is 127 Å². The van der Waals surface area contributed by atoms with Crippen LogP contribution in [0.2, 0.25) is 0 Å². The number of benzene rings is 1. The number of aliphatic hydroxyl groups excluding tert-OH is 1. The number of nitriles is 1. The maximum atomic E-state index is 14.5. The molecule has 20 heavy (non-hydrogen) atoms. The molecule has 1 aliphatic rings. The van der Waals surface area contributed by atoms with Gasteiger partial charge in [-0.15, -0.1) is 0 Å². The minimum atomic E-state index is -0.414. The number of aliphatic hydroxyl groups is 1. The van der Waals surface area contributed by atoms with Gasteiger partial charge in [-0.25, -0.2) is 4.39 Å². The number of hydrogen-bond donors (Lipinski definition) is 1. The monoisotopic (exact) mass is 340 g/mol. The molecule has 0 atom stereocenters. The van der Waals surface area contributed by atoms with Crippen LogP contribution in [0.4, 0.5) is 10.1 Å². The summed E-state index contributed by atoms with van der Waals surface area (Å²) in [5.74, 6) is -0.414. The molecule has 3 nitrogen and oxygen atoms in total. The zero-order chi connectivity index (χ0) is 14.5. The Morgan fingerprint density at radius 1 is 1.35 bits per heavy atom. The highest BCUT2D eigenvalue weighted by Crippen LogP contribution is 2.33. The fraction of sp³-hybridized carbons (Fsp3) is 0.533. The summed E-state index contributed by atoms with van der Waals surface area (Å²) in [4.78, 5) is 1.94. The van der Waals surface area contributed by atoms with Gasteiger partial charge in [0.25, 0.3) is 0 Å². The van der Waals surface area contributed by atoms with Gasteiger partial charge in [0.1, 0.15) is 6.07 Å². The van der Waals surface area contributed by atoms with Crippen molar-refractivity contribution in [1.82, 2.24) is 0 Å². The van der Waals surface area contributed by atoms with Crippen molar-refractivity contribution < 1.29 is 9.50 Å². The van der Waals surface area contributed by atoms with Crippen LogP contribution in [-0.2, 0) is 0 Å². The molecular weight excluding hydrogens is 323 g/mol. The molecule has 1 saturated carbocycles. The van der Waals surface area contributed by atoms with E-state index in [0.717, 1.165) is 25.7 Å². The Balaban J connectivity index is 2.34. The molecule has 2 rings (SSSR count). The normalized spacial score (nSPS) is 15.9. The third kappa shape index (κ3) is 3.13. The lowest BCUT2D eigenvalue weighted by Gasteiger charge is -2.36. The Morgan fingerprint density at radius 2 is 2.05 bits per heavy atom. The molecule has 0 aliphatic heterocycles. The molecule has 0 unspecified atom stereocenters. The van der Waals surface area contributed by atoms with E-state index in [9.17, 15) is 9.50 Å². The van der Waals surface area contributed by atoms with Crippen molar-refractivity contribution >= 4 is 21.6 Å². The van der Waals surface area contributed by atoms with E-state index in [2.05, 4.69) is 15.9 Å². The standard InChI is InChI=1S/C15H18BrFN2O/c16-14-11(10-18)6-7-13(15(14)17)19(8-9-20)12-4-2-1-3-5-12/h6-7,12,20H,1-5,8-9H2. The smallest absolute Gasteiger partial charge is 0.161 e. The van der Waals surface area contributed by atoms with Crippen molar-refractivity contribution in [1.29, 1.82) is 5.26 Å². The van der Waals surface area contributed by atoms with Gasteiger partial charge in [0.2, 0.25) is 0 Å². The van der Waals surface area contributed by atoms with Gasteiger partial charge in [0.05, 0.1) is 22.3 Å². The first-order valence-electron chi connectivity index (χ1n) is 6.94. The van der Waals surface area contributed by atoms with Crippen molar-refractivity contribution in [2.75, 3.05) is 18.1 Å². The van der Waals surface area contributed by atoms with Crippen LogP contribution in [0.3, 0.4) is 0 Å². The summed E-state index contributed by atoms with van der Waals surface area (Å²) >= 11 is 3.15. The summed E-state index contributed by atoms with van der Waals surface area (Å²) in [5.41, 5.74) is 0.760. The molecule has 5 heteroatoms. The Bertz CT molecular complexity index is 509. The zero-order valence-electron chi connectivity index (χ0n) is 11.3. The molecule has 1 N–H and O–H groups in total. The molecule has 1 aromatic carbocycles. The van der Waals surface area contributed by atoms with E-state index in [1.807, 2.05) is 11.0 Å². The molecule has 1 fully saturated rings. The average Bonchev–Trinajstić information content (AvgIpc) is 2.49. The summed E-state index contributed by atoms with van der Waals surface area (Å²) in [5, 5.41) is 18.2. The zero-order valence-corrected chi connectivity index (χ0v) is 12.9. The predicted molar refractivity (Wildman–Crippen MR) is 80.1 cm³/mol. The van der Waals surface area contributed by atoms with Crippen molar-refractivity contribution in [3.63, 3.8) is 0 Å². The third-order valence-electron chi connectivity index (χ3n) is 3.85. The van der Waals surface area contributed by atoms with Gasteiger partial charge in [0, 0.05) is 12.6 Å². The average molecular weight is 341 g/mol. The third-order valence-corrected chi connectivity index (χ3v) is 4.62. The molecule has 0 amide bonds. The van der Waals surface area contributed by atoms with Gasteiger partial charge < -0.3 is 10.0 Å². The lowest BCUT2D eigenvalue weighted by molar-refractivity contribution is 0.289. The molecule has 0 bridgehead atoms. The first-order chi connectivity index (χ1) is 9.69. The van der Waals surface area contributed by atoms with Gasteiger partial charge >= 0.3 is 0 Å². The Hall–Kier alpha value is -1.12. The van der Waals surface area contributed by atoms with Crippen molar-refractivity contribution in [3.05, 3.63) is 28.0 Å². The lowest BCUT2D eigenvalue weighted by Crippen LogP contribution is -2.39. The second kappa shape index (κ2) is 7.05. The molecular formula is C15H18BrFN2O. The topological polar surface area (TPSA) is 47.3 Å². The quantitative estimate of drug-likeness (QED) is 0.910. The fourth-order valence-corrected chi connectivity index (χ4v) is 3.27. The van der Waals surface area contributed by atoms with Crippen LogP contribution in [0.15, 0.2) is 16.6 Å². The van der Waals surface area contributed by atoms with Gasteiger partial charge in [-0.2, -0.15) is 5.26 Å². The molecule has 0 radical (unpaired) electrons. The summed E-state index contributed by atoms with van der Waals surface area (Å²) in [7, 11) is 0. The van der Waals surface area contributed by atoms with Crippen LogP contribution in [0.1, 0.15) is 37.7 Å². The van der Waals surface area contributed by atoms with E-state index >= 15 is 0 Å². The minimum Gasteiger partial charge on any atom is -0.395 e. The van der Waals surface area contributed by atoms with E-state index in [-0.39, 0.29) is 17.1 Å². The van der Waals surface area contributed by atoms with Gasteiger partial charge in [0.15, 0.2) is 5.82 Å². The molecule has 1 aromatic rings. The highest BCUT2D eigenvalue weighted by atomic mass is 79.9. The summed E-state index contributed by atoms with van der Waals surface area (Å²) in [6, 6.07) is 5.49. The number of hydrogen-bond acceptors (Lipinski definition) is 3. The summed E-state index contributed by atoms with van der Waals surface area (Å²) < 4.78 is 14.7. The second-order valence-corrected chi connectivity index (χ2v) is 5.87. The molecule has 0 spiro atoms. The molecule has 0 aromatic heterocycles. The van der Waals surface area contributed by atoms with E-state index in [4.69, 9.17) is 5.26 Å². The number of halogens is 2. The van der Waals surface area contributed by atoms with Gasteiger partial charge in [-0.05, 0) is 40.9 Å². The van der Waals surface area contributed by atoms with Crippen LogP contribution in [-0.4, -0.2) is 24.3 Å². The largest absolute Gasteiger partial charge is 0.395 e. The fourth-order valence-electron chi connectivity index (χ4n) is 2.85. The minimum absolute atomic E-state index is 0.00639. The molecule has 0 heterocycles. The summed E-state index contributed by atoms with van der Waals surface area (Å²) in [6.45, 7) is 0.410. The van der Waals surface area contributed by atoms with Crippen LogP contribution in [0, 0.1) is 17.1 Å². The highest BCUT2D eigenvalue weighted by Gasteiger charge is 2.24. The predicted octanol–water partition coefficient (Wildman–Crippen LogP) is 3.59. The summed E-state index contributed by atoms with van der Waals surface area (Å²) in [6.07, 6.45) is 5.56. The SMILES string of the molecule is N#Cc1ccc(N(CCO)C2CCCCC2)c(F)c1Br. The number of anilines is 1. The number of nitrogens with zero attached hydrogens (tertiary/aromatic N) is 2. The maximum absolute atomic E-state index is 14.5. The van der Waals surface area contributed by atoms with Crippen LogP contribution >= 0.6 is 15.9 Å². The van der Waals surface area contributed by atoms with E-state index in [0.29, 0.717) is 17.8 Å².